The van der Waals surface area contributed by atoms with Crippen LogP contribution in [0, 0.1) is 17.8 Å². The van der Waals surface area contributed by atoms with Crippen molar-refractivity contribution < 1.29 is 5.11 Å². The maximum absolute atomic E-state index is 9.90. The van der Waals surface area contributed by atoms with Crippen molar-refractivity contribution in [1.29, 1.82) is 0 Å². The smallest absolute Gasteiger partial charge is 0.0667 e. The molecule has 96 valence electrons. The number of aliphatic hydroxyl groups excluding tert-OH is 1. The molecule has 1 saturated carbocycles. The summed E-state index contributed by atoms with van der Waals surface area (Å²) < 4.78 is 0. The fourth-order valence-corrected chi connectivity index (χ4v) is 2.43. The highest BCUT2D eigenvalue weighted by molar-refractivity contribution is 4.72. The molecule has 1 rings (SSSR count). The second-order valence-corrected chi connectivity index (χ2v) is 5.92. The van der Waals surface area contributed by atoms with Crippen LogP contribution >= 0.6 is 0 Å². The Hall–Kier alpha value is -0.0800. The fourth-order valence-electron chi connectivity index (χ4n) is 2.43. The molecule has 16 heavy (non-hydrogen) atoms. The summed E-state index contributed by atoms with van der Waals surface area (Å²) in [5.74, 6) is 2.21. The molecule has 1 aliphatic rings. The zero-order valence-electron chi connectivity index (χ0n) is 11.2. The van der Waals surface area contributed by atoms with Gasteiger partial charge in [0.1, 0.15) is 0 Å². The van der Waals surface area contributed by atoms with Crippen molar-refractivity contribution in [2.45, 2.75) is 59.0 Å². The number of rotatable bonds is 7. The van der Waals surface area contributed by atoms with E-state index in [4.69, 9.17) is 0 Å². The van der Waals surface area contributed by atoms with Gasteiger partial charge in [0.15, 0.2) is 0 Å². The molecule has 2 unspecified atom stereocenters. The van der Waals surface area contributed by atoms with Crippen LogP contribution in [0.25, 0.3) is 0 Å². The maximum Gasteiger partial charge on any atom is 0.0667 e. The van der Waals surface area contributed by atoms with Gasteiger partial charge in [0.25, 0.3) is 0 Å². The minimum atomic E-state index is -0.137. The summed E-state index contributed by atoms with van der Waals surface area (Å²) in [7, 11) is 0. The standard InChI is InChI=1S/C14H29NO/c1-11(2)12(3)9-15-10-14(16)8-13-6-4-5-7-13/h11-16H,4-10H2,1-3H3. The molecule has 0 aliphatic heterocycles. The Morgan fingerprint density at radius 1 is 1.12 bits per heavy atom. The number of nitrogens with one attached hydrogen (secondary N) is 1. The summed E-state index contributed by atoms with van der Waals surface area (Å²) in [5, 5.41) is 13.3. The van der Waals surface area contributed by atoms with Crippen LogP contribution in [0.3, 0.4) is 0 Å². The predicted molar refractivity (Wildman–Crippen MR) is 69.5 cm³/mol. The fraction of sp³-hybridized carbons (Fsp3) is 1.00. The van der Waals surface area contributed by atoms with Gasteiger partial charge in [0.2, 0.25) is 0 Å². The van der Waals surface area contributed by atoms with Gasteiger partial charge in [-0.2, -0.15) is 0 Å². The van der Waals surface area contributed by atoms with E-state index in [0.717, 1.165) is 31.3 Å². The lowest BCUT2D eigenvalue weighted by Gasteiger charge is -2.19. The van der Waals surface area contributed by atoms with Gasteiger partial charge in [-0.3, -0.25) is 0 Å². The molecule has 2 heteroatoms. The van der Waals surface area contributed by atoms with Crippen molar-refractivity contribution in [2.75, 3.05) is 13.1 Å². The molecule has 0 radical (unpaired) electrons. The molecule has 2 N–H and O–H groups in total. The third-order valence-corrected chi connectivity index (χ3v) is 4.06. The molecule has 2 nitrogen and oxygen atoms in total. The molecule has 0 saturated heterocycles. The molecular formula is C14H29NO. The molecule has 0 heterocycles. The van der Waals surface area contributed by atoms with Crippen LogP contribution in [0.2, 0.25) is 0 Å². The van der Waals surface area contributed by atoms with E-state index in [1.165, 1.54) is 25.7 Å². The SMILES string of the molecule is CC(C)C(C)CNCC(O)CC1CCCC1. The Bertz CT molecular complexity index is 176. The van der Waals surface area contributed by atoms with Crippen molar-refractivity contribution >= 4 is 0 Å². The minimum Gasteiger partial charge on any atom is -0.392 e. The van der Waals surface area contributed by atoms with E-state index in [-0.39, 0.29) is 6.10 Å². The maximum atomic E-state index is 9.90. The van der Waals surface area contributed by atoms with Crippen LogP contribution in [-0.2, 0) is 0 Å². The summed E-state index contributed by atoms with van der Waals surface area (Å²) in [4.78, 5) is 0. The molecule has 1 aliphatic carbocycles. The average Bonchev–Trinajstić information content (AvgIpc) is 2.70. The molecule has 0 amide bonds. The van der Waals surface area contributed by atoms with Crippen molar-refractivity contribution in [3.8, 4) is 0 Å². The van der Waals surface area contributed by atoms with Gasteiger partial charge in [0, 0.05) is 6.54 Å². The largest absolute Gasteiger partial charge is 0.392 e. The third kappa shape index (κ3) is 5.31. The first-order valence-electron chi connectivity index (χ1n) is 6.98. The first kappa shape index (κ1) is 14.0. The molecule has 0 aromatic heterocycles. The summed E-state index contributed by atoms with van der Waals surface area (Å²) in [5.41, 5.74) is 0. The van der Waals surface area contributed by atoms with Crippen molar-refractivity contribution in [2.24, 2.45) is 17.8 Å². The molecule has 1 fully saturated rings. The highest BCUT2D eigenvalue weighted by Gasteiger charge is 2.18. The van der Waals surface area contributed by atoms with Gasteiger partial charge in [-0.05, 0) is 30.7 Å². The Morgan fingerprint density at radius 2 is 1.75 bits per heavy atom. The zero-order chi connectivity index (χ0) is 12.0. The first-order valence-corrected chi connectivity index (χ1v) is 6.98. The summed E-state index contributed by atoms with van der Waals surface area (Å²) in [6, 6.07) is 0. The molecule has 2 atom stereocenters. The molecular weight excluding hydrogens is 198 g/mol. The van der Waals surface area contributed by atoms with E-state index in [1.54, 1.807) is 0 Å². The van der Waals surface area contributed by atoms with Gasteiger partial charge in [-0.15, -0.1) is 0 Å². The van der Waals surface area contributed by atoms with Crippen LogP contribution in [0.1, 0.15) is 52.9 Å². The molecule has 0 aromatic rings. The van der Waals surface area contributed by atoms with Crippen LogP contribution in [0.15, 0.2) is 0 Å². The lowest BCUT2D eigenvalue weighted by atomic mass is 9.97. The van der Waals surface area contributed by atoms with E-state index in [2.05, 4.69) is 26.1 Å². The van der Waals surface area contributed by atoms with E-state index >= 15 is 0 Å². The number of hydrogen-bond acceptors (Lipinski definition) is 2. The Labute approximate surface area is 101 Å². The van der Waals surface area contributed by atoms with Gasteiger partial charge in [-0.1, -0.05) is 46.5 Å². The molecule has 0 bridgehead atoms. The highest BCUT2D eigenvalue weighted by Crippen LogP contribution is 2.28. The Morgan fingerprint density at radius 3 is 2.31 bits per heavy atom. The van der Waals surface area contributed by atoms with Gasteiger partial charge in [0.05, 0.1) is 6.10 Å². The van der Waals surface area contributed by atoms with Crippen LogP contribution in [0.4, 0.5) is 0 Å². The summed E-state index contributed by atoms with van der Waals surface area (Å²) in [6.07, 6.45) is 6.27. The normalized spacial score (nSPS) is 21.6. The topological polar surface area (TPSA) is 32.3 Å². The van der Waals surface area contributed by atoms with Crippen molar-refractivity contribution in [3.63, 3.8) is 0 Å². The van der Waals surface area contributed by atoms with Gasteiger partial charge in [-0.25, -0.2) is 0 Å². The number of hydrogen-bond donors (Lipinski definition) is 2. The van der Waals surface area contributed by atoms with Crippen LogP contribution < -0.4 is 5.32 Å². The lowest BCUT2D eigenvalue weighted by Crippen LogP contribution is -2.32. The van der Waals surface area contributed by atoms with Crippen LogP contribution in [0.5, 0.6) is 0 Å². The van der Waals surface area contributed by atoms with Gasteiger partial charge < -0.3 is 10.4 Å². The number of aliphatic hydroxyl groups is 1. The van der Waals surface area contributed by atoms with E-state index in [0.29, 0.717) is 5.92 Å². The second kappa shape index (κ2) is 7.29. The second-order valence-electron chi connectivity index (χ2n) is 5.92. The Kier molecular flexibility index (Phi) is 6.37. The lowest BCUT2D eigenvalue weighted by molar-refractivity contribution is 0.138. The highest BCUT2D eigenvalue weighted by atomic mass is 16.3. The van der Waals surface area contributed by atoms with Crippen molar-refractivity contribution in [1.82, 2.24) is 5.32 Å². The molecule has 0 aromatic carbocycles. The summed E-state index contributed by atoms with van der Waals surface area (Å²) >= 11 is 0. The summed E-state index contributed by atoms with van der Waals surface area (Å²) in [6.45, 7) is 8.57. The van der Waals surface area contributed by atoms with Gasteiger partial charge >= 0.3 is 0 Å². The van der Waals surface area contributed by atoms with Crippen LogP contribution in [-0.4, -0.2) is 24.3 Å². The van der Waals surface area contributed by atoms with E-state index in [9.17, 15) is 5.11 Å². The molecule has 0 spiro atoms. The monoisotopic (exact) mass is 227 g/mol. The van der Waals surface area contributed by atoms with E-state index in [1.807, 2.05) is 0 Å². The third-order valence-electron chi connectivity index (χ3n) is 4.06. The van der Waals surface area contributed by atoms with Crippen molar-refractivity contribution in [3.05, 3.63) is 0 Å². The first-order chi connectivity index (χ1) is 7.59. The predicted octanol–water partition coefficient (Wildman–Crippen LogP) is 2.81. The van der Waals surface area contributed by atoms with E-state index < -0.39 is 0 Å². The minimum absolute atomic E-state index is 0.137. The zero-order valence-corrected chi connectivity index (χ0v) is 11.2. The average molecular weight is 227 g/mol. The Balaban J connectivity index is 2.03. The quantitative estimate of drug-likeness (QED) is 0.701.